The number of hydrogen-bond donors (Lipinski definition) is 2. The van der Waals surface area contributed by atoms with E-state index in [1.54, 1.807) is 18.2 Å². The molecule has 7 nitrogen and oxygen atoms in total. The fourth-order valence-corrected chi connectivity index (χ4v) is 2.49. The van der Waals surface area contributed by atoms with Gasteiger partial charge in [-0.05, 0) is 23.8 Å². The predicted molar refractivity (Wildman–Crippen MR) is 83.2 cm³/mol. The summed E-state index contributed by atoms with van der Waals surface area (Å²) in [6, 6.07) is 4.93. The Labute approximate surface area is 140 Å². The first kappa shape index (κ1) is 17.0. The van der Waals surface area contributed by atoms with Crippen LogP contribution in [0, 0.1) is 0 Å². The number of halogens is 3. The largest absolute Gasteiger partial charge is 0.421 e. The van der Waals surface area contributed by atoms with Gasteiger partial charge in [0.05, 0.1) is 13.7 Å². The van der Waals surface area contributed by atoms with Crippen LogP contribution in [-0.4, -0.2) is 35.1 Å². The van der Waals surface area contributed by atoms with Gasteiger partial charge in [0.25, 0.3) is 5.91 Å². The molecule has 0 saturated heterocycles. The fourth-order valence-electron chi connectivity index (χ4n) is 2.49. The molecule has 0 saturated carbocycles. The molecule has 1 aliphatic rings. The lowest BCUT2D eigenvalue weighted by Crippen LogP contribution is -2.21. The Bertz CT molecular complexity index is 825. The van der Waals surface area contributed by atoms with E-state index in [1.807, 2.05) is 0 Å². The van der Waals surface area contributed by atoms with Gasteiger partial charge in [0.1, 0.15) is 11.4 Å². The highest BCUT2D eigenvalue weighted by Crippen LogP contribution is 2.34. The van der Waals surface area contributed by atoms with Crippen LogP contribution in [0.25, 0.3) is 0 Å². The number of aromatic nitrogens is 2. The highest BCUT2D eigenvalue weighted by atomic mass is 19.4. The molecule has 0 atom stereocenters. The summed E-state index contributed by atoms with van der Waals surface area (Å²) in [7, 11) is 2.75. The number of hydrogen-bond acceptors (Lipinski definition) is 6. The molecule has 2 N–H and O–H groups in total. The van der Waals surface area contributed by atoms with Gasteiger partial charge in [0.2, 0.25) is 5.95 Å². The maximum atomic E-state index is 12.9. The Morgan fingerprint density at radius 1 is 1.32 bits per heavy atom. The summed E-state index contributed by atoms with van der Waals surface area (Å²) in [5.74, 6) is -0.565. The van der Waals surface area contributed by atoms with Crippen molar-refractivity contribution in [2.75, 3.05) is 24.8 Å². The third-order valence-electron chi connectivity index (χ3n) is 3.68. The van der Waals surface area contributed by atoms with Gasteiger partial charge in [-0.2, -0.15) is 18.2 Å². The van der Waals surface area contributed by atoms with Crippen LogP contribution in [-0.2, 0) is 17.6 Å². The standard InChI is InChI=1S/C15H14F3N5O2/c1-19-12-11(15(16,17)18)6-20-14(22-12)21-9-3-4-10-8(5-9)7-23(25-2)13(10)24/h3-6H,7H2,1-2H3,(H2,19,20,21,22). The monoisotopic (exact) mass is 353 g/mol. The number of fused-ring (bicyclic) bond motifs is 1. The quantitative estimate of drug-likeness (QED) is 0.880. The molecule has 0 bridgehead atoms. The molecule has 2 heterocycles. The Balaban J connectivity index is 1.86. The number of benzene rings is 1. The normalized spacial score (nSPS) is 13.8. The third kappa shape index (κ3) is 3.20. The summed E-state index contributed by atoms with van der Waals surface area (Å²) in [5.41, 5.74) is 0.844. The van der Waals surface area contributed by atoms with Crippen LogP contribution in [0.15, 0.2) is 24.4 Å². The summed E-state index contributed by atoms with van der Waals surface area (Å²) in [6.07, 6.45) is -3.83. The van der Waals surface area contributed by atoms with E-state index in [0.29, 0.717) is 17.4 Å². The second kappa shape index (κ2) is 6.20. The highest BCUT2D eigenvalue weighted by molar-refractivity contribution is 5.98. The molecular weight excluding hydrogens is 339 g/mol. The van der Waals surface area contributed by atoms with Gasteiger partial charge in [0, 0.05) is 24.5 Å². The Hall–Kier alpha value is -2.88. The average Bonchev–Trinajstić information content (AvgIpc) is 2.89. The number of nitrogens with zero attached hydrogens (tertiary/aromatic N) is 3. The first-order valence-electron chi connectivity index (χ1n) is 7.21. The summed E-state index contributed by atoms with van der Waals surface area (Å²) >= 11 is 0. The molecule has 0 unspecified atom stereocenters. The molecular formula is C15H14F3N5O2. The van der Waals surface area contributed by atoms with E-state index in [4.69, 9.17) is 4.84 Å². The van der Waals surface area contributed by atoms with Gasteiger partial charge in [-0.3, -0.25) is 9.63 Å². The molecule has 1 aromatic carbocycles. The number of amides is 1. The predicted octanol–water partition coefficient (Wildman–Crippen LogP) is 2.80. The maximum Gasteiger partial charge on any atom is 0.421 e. The molecule has 0 spiro atoms. The lowest BCUT2D eigenvalue weighted by molar-refractivity contribution is -0.137. The van der Waals surface area contributed by atoms with E-state index in [0.717, 1.165) is 5.56 Å². The second-order valence-electron chi connectivity index (χ2n) is 5.22. The molecule has 25 heavy (non-hydrogen) atoms. The first-order valence-corrected chi connectivity index (χ1v) is 7.21. The molecule has 0 radical (unpaired) electrons. The van der Waals surface area contributed by atoms with Crippen molar-refractivity contribution in [3.05, 3.63) is 41.1 Å². The van der Waals surface area contributed by atoms with Crippen LogP contribution >= 0.6 is 0 Å². The molecule has 0 aliphatic carbocycles. The molecule has 1 aromatic heterocycles. The maximum absolute atomic E-state index is 12.9. The van der Waals surface area contributed by atoms with Crippen LogP contribution in [0.3, 0.4) is 0 Å². The summed E-state index contributed by atoms with van der Waals surface area (Å²) in [6.45, 7) is 0.288. The number of rotatable bonds is 4. The Morgan fingerprint density at radius 2 is 2.08 bits per heavy atom. The van der Waals surface area contributed by atoms with Crippen molar-refractivity contribution in [3.8, 4) is 0 Å². The van der Waals surface area contributed by atoms with E-state index in [9.17, 15) is 18.0 Å². The van der Waals surface area contributed by atoms with Gasteiger partial charge < -0.3 is 10.6 Å². The van der Waals surface area contributed by atoms with Crippen molar-refractivity contribution in [1.82, 2.24) is 15.0 Å². The minimum Gasteiger partial charge on any atom is -0.372 e. The molecule has 1 aliphatic heterocycles. The number of nitrogens with one attached hydrogen (secondary N) is 2. The van der Waals surface area contributed by atoms with Crippen molar-refractivity contribution < 1.29 is 22.8 Å². The lowest BCUT2D eigenvalue weighted by atomic mass is 10.1. The highest BCUT2D eigenvalue weighted by Gasteiger charge is 2.35. The van der Waals surface area contributed by atoms with Crippen molar-refractivity contribution in [3.63, 3.8) is 0 Å². The summed E-state index contributed by atoms with van der Waals surface area (Å²) in [5, 5.41) is 6.46. The zero-order chi connectivity index (χ0) is 18.2. The lowest BCUT2D eigenvalue weighted by Gasteiger charge is -2.13. The molecule has 1 amide bonds. The second-order valence-corrected chi connectivity index (χ2v) is 5.22. The van der Waals surface area contributed by atoms with Crippen molar-refractivity contribution in [2.45, 2.75) is 12.7 Å². The van der Waals surface area contributed by atoms with Gasteiger partial charge in [-0.15, -0.1) is 0 Å². The van der Waals surface area contributed by atoms with Crippen LogP contribution in [0.2, 0.25) is 0 Å². The van der Waals surface area contributed by atoms with E-state index in [-0.39, 0.29) is 24.2 Å². The number of alkyl halides is 3. The van der Waals surface area contributed by atoms with Crippen LogP contribution < -0.4 is 10.6 Å². The zero-order valence-electron chi connectivity index (χ0n) is 13.3. The van der Waals surface area contributed by atoms with Crippen LogP contribution in [0.1, 0.15) is 21.5 Å². The number of anilines is 3. The molecule has 3 rings (SSSR count). The topological polar surface area (TPSA) is 79.4 Å². The molecule has 10 heteroatoms. The summed E-state index contributed by atoms with van der Waals surface area (Å²) in [4.78, 5) is 24.5. The number of carbonyl (C=O) groups excluding carboxylic acids is 1. The third-order valence-corrected chi connectivity index (χ3v) is 3.68. The minimum absolute atomic E-state index is 0.00483. The zero-order valence-corrected chi connectivity index (χ0v) is 13.3. The van der Waals surface area contributed by atoms with Gasteiger partial charge in [-0.25, -0.2) is 10.0 Å². The fraction of sp³-hybridized carbons (Fsp3) is 0.267. The van der Waals surface area contributed by atoms with E-state index >= 15 is 0 Å². The van der Waals surface area contributed by atoms with Gasteiger partial charge in [-0.1, -0.05) is 0 Å². The molecule has 2 aromatic rings. The first-order chi connectivity index (χ1) is 11.8. The van der Waals surface area contributed by atoms with Gasteiger partial charge >= 0.3 is 6.18 Å². The number of carbonyl (C=O) groups is 1. The van der Waals surface area contributed by atoms with Crippen molar-refractivity contribution >= 4 is 23.4 Å². The average molecular weight is 353 g/mol. The minimum atomic E-state index is -4.55. The molecule has 132 valence electrons. The van der Waals surface area contributed by atoms with E-state index < -0.39 is 11.7 Å². The van der Waals surface area contributed by atoms with Crippen molar-refractivity contribution in [2.24, 2.45) is 0 Å². The van der Waals surface area contributed by atoms with Gasteiger partial charge in [0.15, 0.2) is 0 Å². The Morgan fingerprint density at radius 3 is 2.72 bits per heavy atom. The number of hydroxylamine groups is 2. The summed E-state index contributed by atoms with van der Waals surface area (Å²) < 4.78 is 38.6. The SMILES string of the molecule is CNc1nc(Nc2ccc3c(c2)CN(OC)C3=O)ncc1C(F)(F)F. The smallest absolute Gasteiger partial charge is 0.372 e. The van der Waals surface area contributed by atoms with Crippen LogP contribution in [0.4, 0.5) is 30.6 Å². The van der Waals surface area contributed by atoms with Crippen molar-refractivity contribution in [1.29, 1.82) is 0 Å². The molecule has 0 fully saturated rings. The van der Waals surface area contributed by atoms with E-state index in [1.165, 1.54) is 19.2 Å². The van der Waals surface area contributed by atoms with E-state index in [2.05, 4.69) is 20.6 Å². The van der Waals surface area contributed by atoms with Crippen LogP contribution in [0.5, 0.6) is 0 Å². The Kier molecular flexibility index (Phi) is 4.21.